The van der Waals surface area contributed by atoms with Gasteiger partial charge in [-0.2, -0.15) is 0 Å². The number of rotatable bonds is 3. The molecule has 0 amide bonds. The third-order valence-corrected chi connectivity index (χ3v) is 3.83. The average Bonchev–Trinajstić information content (AvgIpc) is 2.16. The summed E-state index contributed by atoms with van der Waals surface area (Å²) in [5.74, 6) is 2.37. The van der Waals surface area contributed by atoms with Gasteiger partial charge in [0, 0.05) is 19.7 Å². The van der Waals surface area contributed by atoms with Crippen LogP contribution in [0.1, 0.15) is 32.6 Å². The van der Waals surface area contributed by atoms with Crippen molar-refractivity contribution in [2.45, 2.75) is 32.6 Å². The average molecular weight is 197 g/mol. The van der Waals surface area contributed by atoms with E-state index in [1.807, 2.05) is 0 Å². The molecule has 82 valence electrons. The molecule has 2 unspecified atom stereocenters. The van der Waals surface area contributed by atoms with Crippen LogP contribution in [0.2, 0.25) is 0 Å². The number of aliphatic hydroxyl groups is 1. The van der Waals surface area contributed by atoms with E-state index in [1.165, 1.54) is 45.3 Å². The Morgan fingerprint density at radius 2 is 1.79 bits per heavy atom. The summed E-state index contributed by atoms with van der Waals surface area (Å²) in [6.07, 6.45) is 5.25. The Hall–Kier alpha value is -0.0800. The van der Waals surface area contributed by atoms with Gasteiger partial charge >= 0.3 is 0 Å². The number of fused-ring (bicyclic) bond motifs is 2. The van der Waals surface area contributed by atoms with Gasteiger partial charge in [0.15, 0.2) is 0 Å². The Bertz CT molecular complexity index is 169. The van der Waals surface area contributed by atoms with E-state index in [-0.39, 0.29) is 0 Å². The number of likely N-dealkylation sites (tertiary alicyclic amines) is 1. The lowest BCUT2D eigenvalue weighted by Gasteiger charge is -2.44. The van der Waals surface area contributed by atoms with Crippen molar-refractivity contribution in [3.8, 4) is 0 Å². The topological polar surface area (TPSA) is 23.5 Å². The molecule has 1 aliphatic carbocycles. The molecule has 2 atom stereocenters. The van der Waals surface area contributed by atoms with E-state index in [2.05, 4.69) is 11.8 Å². The quantitative estimate of drug-likeness (QED) is 0.745. The maximum Gasteiger partial charge on any atom is 0.0459 e. The number of aliphatic hydroxyl groups excluding tert-OH is 1. The predicted octanol–water partition coefficient (Wildman–Crippen LogP) is 1.74. The molecular formula is C12H23NO. The Morgan fingerprint density at radius 3 is 2.29 bits per heavy atom. The molecule has 2 heteroatoms. The Kier molecular flexibility index (Phi) is 3.45. The van der Waals surface area contributed by atoms with E-state index in [9.17, 15) is 5.11 Å². The summed E-state index contributed by atoms with van der Waals surface area (Å²) < 4.78 is 0. The summed E-state index contributed by atoms with van der Waals surface area (Å²) in [7, 11) is 0. The van der Waals surface area contributed by atoms with Crippen LogP contribution in [0.15, 0.2) is 0 Å². The first kappa shape index (κ1) is 10.4. The van der Waals surface area contributed by atoms with Gasteiger partial charge in [-0.3, -0.25) is 0 Å². The molecule has 1 N–H and O–H groups in total. The van der Waals surface area contributed by atoms with E-state index in [0.717, 1.165) is 11.8 Å². The van der Waals surface area contributed by atoms with Gasteiger partial charge in [0.05, 0.1) is 0 Å². The second kappa shape index (κ2) is 4.63. The largest absolute Gasteiger partial charge is 0.396 e. The minimum absolute atomic E-state index is 0.417. The zero-order chi connectivity index (χ0) is 9.97. The first-order valence-electron chi connectivity index (χ1n) is 6.15. The predicted molar refractivity (Wildman–Crippen MR) is 58.1 cm³/mol. The molecule has 1 heterocycles. The highest BCUT2D eigenvalue weighted by Crippen LogP contribution is 2.37. The van der Waals surface area contributed by atoms with Crippen molar-refractivity contribution in [2.75, 3.05) is 26.2 Å². The number of hydrogen-bond acceptors (Lipinski definition) is 2. The van der Waals surface area contributed by atoms with Gasteiger partial charge in [-0.25, -0.2) is 0 Å². The van der Waals surface area contributed by atoms with Gasteiger partial charge in [0.1, 0.15) is 0 Å². The van der Waals surface area contributed by atoms with E-state index in [0.29, 0.717) is 12.5 Å². The van der Waals surface area contributed by atoms with E-state index >= 15 is 0 Å². The second-order valence-corrected chi connectivity index (χ2v) is 5.25. The number of hydrogen-bond donors (Lipinski definition) is 1. The molecular weight excluding hydrogens is 174 g/mol. The number of nitrogens with zero attached hydrogens (tertiary/aromatic N) is 1. The molecule has 2 rings (SSSR count). The molecule has 1 saturated heterocycles. The Balaban J connectivity index is 1.88. The highest BCUT2D eigenvalue weighted by molar-refractivity contribution is 4.86. The second-order valence-electron chi connectivity index (χ2n) is 5.25. The summed E-state index contributed by atoms with van der Waals surface area (Å²) in [5.41, 5.74) is 0. The van der Waals surface area contributed by atoms with Gasteiger partial charge in [-0.15, -0.1) is 0 Å². The fourth-order valence-corrected chi connectivity index (χ4v) is 3.45. The van der Waals surface area contributed by atoms with Gasteiger partial charge in [0.2, 0.25) is 0 Å². The van der Waals surface area contributed by atoms with Gasteiger partial charge in [0.25, 0.3) is 0 Å². The lowest BCUT2D eigenvalue weighted by molar-refractivity contribution is 0.0391. The molecule has 0 aromatic heterocycles. The summed E-state index contributed by atoms with van der Waals surface area (Å²) in [5, 5.41) is 9.20. The molecule has 1 saturated carbocycles. The lowest BCUT2D eigenvalue weighted by Crippen LogP contribution is -2.45. The molecule has 0 aromatic rings. The highest BCUT2D eigenvalue weighted by Gasteiger charge is 2.34. The van der Waals surface area contributed by atoms with Gasteiger partial charge < -0.3 is 10.0 Å². The van der Waals surface area contributed by atoms with Crippen molar-refractivity contribution in [3.05, 3.63) is 0 Å². The third-order valence-electron chi connectivity index (χ3n) is 3.83. The van der Waals surface area contributed by atoms with Crippen molar-refractivity contribution < 1.29 is 5.11 Å². The lowest BCUT2D eigenvalue weighted by atomic mass is 9.72. The van der Waals surface area contributed by atoms with Crippen LogP contribution in [0.4, 0.5) is 0 Å². The van der Waals surface area contributed by atoms with Crippen molar-refractivity contribution >= 4 is 0 Å². The normalized spacial score (nSPS) is 38.6. The van der Waals surface area contributed by atoms with E-state index in [4.69, 9.17) is 0 Å². The molecule has 2 fully saturated rings. The van der Waals surface area contributed by atoms with E-state index in [1.54, 1.807) is 0 Å². The smallest absolute Gasteiger partial charge is 0.0459 e. The standard InChI is InChI=1S/C12H23NO/c1-2-3-13-7-10-4-11(8-13)6-12(5-10)9-14/h10-12,14H,2-9H2,1H3. The number of piperidine rings is 1. The van der Waals surface area contributed by atoms with Crippen LogP contribution in [0.5, 0.6) is 0 Å². The molecule has 0 spiro atoms. The third kappa shape index (κ3) is 2.29. The summed E-state index contributed by atoms with van der Waals surface area (Å²) >= 11 is 0. The van der Waals surface area contributed by atoms with Crippen LogP contribution in [-0.4, -0.2) is 36.2 Å². The molecule has 1 aliphatic heterocycles. The maximum absolute atomic E-state index is 9.20. The van der Waals surface area contributed by atoms with Crippen molar-refractivity contribution in [1.82, 2.24) is 4.90 Å². The molecule has 2 bridgehead atoms. The molecule has 2 aliphatic rings. The molecule has 0 aromatic carbocycles. The summed E-state index contributed by atoms with van der Waals surface area (Å²) in [6, 6.07) is 0. The van der Waals surface area contributed by atoms with Crippen LogP contribution in [-0.2, 0) is 0 Å². The molecule has 14 heavy (non-hydrogen) atoms. The van der Waals surface area contributed by atoms with Crippen molar-refractivity contribution in [2.24, 2.45) is 17.8 Å². The first-order chi connectivity index (χ1) is 6.81. The monoisotopic (exact) mass is 197 g/mol. The van der Waals surface area contributed by atoms with Crippen molar-refractivity contribution in [3.63, 3.8) is 0 Å². The summed E-state index contributed by atoms with van der Waals surface area (Å²) in [4.78, 5) is 2.63. The van der Waals surface area contributed by atoms with Crippen LogP contribution in [0.3, 0.4) is 0 Å². The zero-order valence-corrected chi connectivity index (χ0v) is 9.28. The molecule has 0 radical (unpaired) electrons. The van der Waals surface area contributed by atoms with Gasteiger partial charge in [-0.05, 0) is 50.0 Å². The summed E-state index contributed by atoms with van der Waals surface area (Å²) in [6.45, 7) is 6.54. The highest BCUT2D eigenvalue weighted by atomic mass is 16.3. The first-order valence-corrected chi connectivity index (χ1v) is 6.15. The van der Waals surface area contributed by atoms with Crippen LogP contribution >= 0.6 is 0 Å². The minimum atomic E-state index is 0.417. The SMILES string of the molecule is CCCN1CC2CC(CO)CC(C2)C1. The Labute approximate surface area is 87.3 Å². The van der Waals surface area contributed by atoms with E-state index < -0.39 is 0 Å². The molecule has 2 nitrogen and oxygen atoms in total. The van der Waals surface area contributed by atoms with Crippen LogP contribution in [0, 0.1) is 17.8 Å². The van der Waals surface area contributed by atoms with Crippen LogP contribution in [0.25, 0.3) is 0 Å². The fourth-order valence-electron chi connectivity index (χ4n) is 3.45. The zero-order valence-electron chi connectivity index (χ0n) is 9.28. The van der Waals surface area contributed by atoms with Crippen molar-refractivity contribution in [1.29, 1.82) is 0 Å². The Morgan fingerprint density at radius 1 is 1.14 bits per heavy atom. The fraction of sp³-hybridized carbons (Fsp3) is 1.00. The van der Waals surface area contributed by atoms with Crippen LogP contribution < -0.4 is 0 Å². The minimum Gasteiger partial charge on any atom is -0.396 e. The van der Waals surface area contributed by atoms with Gasteiger partial charge in [-0.1, -0.05) is 6.92 Å². The maximum atomic E-state index is 9.20.